The van der Waals surface area contributed by atoms with Crippen LogP contribution < -0.4 is 0 Å². The van der Waals surface area contributed by atoms with Crippen molar-refractivity contribution in [1.29, 1.82) is 0 Å². The van der Waals surface area contributed by atoms with Crippen molar-refractivity contribution in [2.45, 2.75) is 84.7 Å². The molecule has 26 heavy (non-hydrogen) atoms. The van der Waals surface area contributed by atoms with Gasteiger partial charge in [-0.1, -0.05) is 37.5 Å². The molecule has 1 aromatic rings. The highest BCUT2D eigenvalue weighted by Gasteiger charge is 2.52. The van der Waals surface area contributed by atoms with E-state index in [4.69, 9.17) is 4.74 Å². The Morgan fingerprint density at radius 2 is 1.69 bits per heavy atom. The van der Waals surface area contributed by atoms with Crippen LogP contribution >= 0.6 is 0 Å². The second kappa shape index (κ2) is 7.38. The number of carbonyl (C=O) groups excluding carboxylic acids is 2. The van der Waals surface area contributed by atoms with Crippen LogP contribution in [0.25, 0.3) is 5.57 Å². The molecule has 1 fully saturated rings. The molecule has 1 saturated carbocycles. The highest BCUT2D eigenvalue weighted by Crippen LogP contribution is 2.49. The summed E-state index contributed by atoms with van der Waals surface area (Å²) in [5.74, 6) is -0.193. The number of esters is 1. The van der Waals surface area contributed by atoms with Gasteiger partial charge in [-0.15, -0.1) is 0 Å². The molecule has 0 N–H and O–H groups in total. The summed E-state index contributed by atoms with van der Waals surface area (Å²) in [6.07, 6.45) is 7.09. The van der Waals surface area contributed by atoms with Crippen molar-refractivity contribution in [2.75, 3.05) is 0 Å². The molecule has 3 rings (SSSR count). The van der Waals surface area contributed by atoms with Crippen molar-refractivity contribution < 1.29 is 14.3 Å². The lowest BCUT2D eigenvalue weighted by molar-refractivity contribution is -0.145. The van der Waals surface area contributed by atoms with E-state index in [2.05, 4.69) is 26.0 Å². The second-order valence-electron chi connectivity index (χ2n) is 7.99. The van der Waals surface area contributed by atoms with Gasteiger partial charge in [0.2, 0.25) is 0 Å². The van der Waals surface area contributed by atoms with Crippen molar-refractivity contribution >= 4 is 17.3 Å². The maximum absolute atomic E-state index is 13.2. The maximum Gasteiger partial charge on any atom is 0.340 e. The molecule has 0 unspecified atom stereocenters. The first-order valence-corrected chi connectivity index (χ1v) is 9.99. The van der Waals surface area contributed by atoms with Crippen LogP contribution in [0, 0.1) is 20.8 Å². The van der Waals surface area contributed by atoms with E-state index in [0.717, 1.165) is 61.6 Å². The van der Waals surface area contributed by atoms with E-state index in [1.54, 1.807) is 0 Å². The third-order valence-corrected chi connectivity index (χ3v) is 5.82. The Balaban J connectivity index is 2.14. The average molecular weight is 354 g/mol. The normalized spacial score (nSPS) is 18.7. The van der Waals surface area contributed by atoms with Crippen LogP contribution in [0.1, 0.15) is 80.5 Å². The molecule has 1 spiro atoms. The van der Waals surface area contributed by atoms with E-state index < -0.39 is 5.60 Å². The van der Waals surface area contributed by atoms with Crippen LogP contribution in [0.2, 0.25) is 0 Å². The summed E-state index contributed by atoms with van der Waals surface area (Å²) in [4.78, 5) is 26.1. The predicted octanol–water partition coefficient (Wildman–Crippen LogP) is 5.38. The number of rotatable bonds is 6. The van der Waals surface area contributed by atoms with Crippen LogP contribution in [0.15, 0.2) is 17.7 Å². The topological polar surface area (TPSA) is 43.4 Å². The number of unbranched alkanes of at least 4 members (excludes halogenated alkanes) is 2. The zero-order chi connectivity index (χ0) is 18.9. The Bertz CT molecular complexity index is 741. The van der Waals surface area contributed by atoms with Crippen molar-refractivity contribution in [2.24, 2.45) is 0 Å². The summed E-state index contributed by atoms with van der Waals surface area (Å²) in [6.45, 7) is 8.23. The van der Waals surface area contributed by atoms with E-state index >= 15 is 0 Å². The van der Waals surface area contributed by atoms with E-state index in [9.17, 15) is 9.59 Å². The molecular weight excluding hydrogens is 324 g/mol. The molecule has 140 valence electrons. The van der Waals surface area contributed by atoms with Crippen molar-refractivity contribution in [1.82, 2.24) is 0 Å². The molecule has 0 bridgehead atoms. The fourth-order valence-corrected chi connectivity index (χ4v) is 4.76. The average Bonchev–Trinajstić information content (AvgIpc) is 3.12. The molecule has 2 aliphatic rings. The fourth-order valence-electron chi connectivity index (χ4n) is 4.76. The summed E-state index contributed by atoms with van der Waals surface area (Å²) in [6, 6.07) is 4.17. The number of ketones is 1. The van der Waals surface area contributed by atoms with Crippen molar-refractivity contribution in [3.05, 3.63) is 40.0 Å². The quantitative estimate of drug-likeness (QED) is 0.508. The first kappa shape index (κ1) is 18.9. The lowest BCUT2D eigenvalue weighted by Crippen LogP contribution is -2.31. The minimum Gasteiger partial charge on any atom is -0.450 e. The van der Waals surface area contributed by atoms with Gasteiger partial charge in [-0.2, -0.15) is 0 Å². The molecule has 1 aliphatic carbocycles. The number of carbonyl (C=O) groups is 2. The number of ether oxygens (including phenoxy) is 1. The van der Waals surface area contributed by atoms with Crippen LogP contribution in [0.5, 0.6) is 0 Å². The van der Waals surface area contributed by atoms with Gasteiger partial charge < -0.3 is 4.74 Å². The SMILES string of the molecule is CCCCCC(=O)C1=C(c2c(C)cc(C)cc2C)C(=O)OC12CCCC2. The number of hydrogen-bond donors (Lipinski definition) is 0. The van der Waals surface area contributed by atoms with Gasteiger partial charge in [0.05, 0.1) is 11.1 Å². The molecule has 0 amide bonds. The largest absolute Gasteiger partial charge is 0.450 e. The van der Waals surface area contributed by atoms with Gasteiger partial charge in [0.15, 0.2) is 5.78 Å². The molecule has 3 heteroatoms. The minimum absolute atomic E-state index is 0.112. The minimum atomic E-state index is -0.667. The maximum atomic E-state index is 13.2. The summed E-state index contributed by atoms with van der Waals surface area (Å²) in [5.41, 5.74) is 4.71. The van der Waals surface area contributed by atoms with Gasteiger partial charge >= 0.3 is 5.97 Å². The summed E-state index contributed by atoms with van der Waals surface area (Å²) >= 11 is 0. The Morgan fingerprint density at radius 1 is 1.08 bits per heavy atom. The Hall–Kier alpha value is -1.90. The molecule has 0 saturated heterocycles. The standard InChI is InChI=1S/C23H30O3/c1-5-6-7-10-18(24)21-20(19-16(3)13-15(2)14-17(19)4)22(25)26-23(21)11-8-9-12-23/h13-14H,5-12H2,1-4H3. The first-order chi connectivity index (χ1) is 12.4. The molecule has 0 aromatic heterocycles. The number of aryl methyl sites for hydroxylation is 3. The third kappa shape index (κ3) is 3.24. The van der Waals surface area contributed by atoms with E-state index in [-0.39, 0.29) is 11.8 Å². The lowest BCUT2D eigenvalue weighted by Gasteiger charge is -2.25. The number of hydrogen-bond acceptors (Lipinski definition) is 3. The highest BCUT2D eigenvalue weighted by atomic mass is 16.6. The second-order valence-corrected chi connectivity index (χ2v) is 7.99. The van der Waals surface area contributed by atoms with Gasteiger partial charge in [0.25, 0.3) is 0 Å². The highest BCUT2D eigenvalue weighted by molar-refractivity contribution is 6.28. The molecule has 3 nitrogen and oxygen atoms in total. The Morgan fingerprint density at radius 3 is 2.27 bits per heavy atom. The van der Waals surface area contributed by atoms with Crippen LogP contribution in [-0.2, 0) is 14.3 Å². The molecule has 0 atom stereocenters. The van der Waals surface area contributed by atoms with E-state index in [1.807, 2.05) is 13.8 Å². The van der Waals surface area contributed by atoms with Gasteiger partial charge in [0, 0.05) is 6.42 Å². The summed E-state index contributed by atoms with van der Waals surface area (Å²) in [5, 5.41) is 0. The van der Waals surface area contributed by atoms with Crippen LogP contribution in [0.3, 0.4) is 0 Å². The fraction of sp³-hybridized carbons (Fsp3) is 0.565. The molecule has 1 aromatic carbocycles. The molecule has 1 aliphatic heterocycles. The van der Waals surface area contributed by atoms with E-state index in [0.29, 0.717) is 17.6 Å². The summed E-state index contributed by atoms with van der Waals surface area (Å²) < 4.78 is 5.92. The van der Waals surface area contributed by atoms with Crippen LogP contribution in [-0.4, -0.2) is 17.4 Å². The summed E-state index contributed by atoms with van der Waals surface area (Å²) in [7, 11) is 0. The van der Waals surface area contributed by atoms with Crippen molar-refractivity contribution in [3.63, 3.8) is 0 Å². The van der Waals surface area contributed by atoms with Gasteiger partial charge in [-0.05, 0) is 69.6 Å². The smallest absolute Gasteiger partial charge is 0.340 e. The lowest BCUT2D eigenvalue weighted by atomic mass is 9.82. The first-order valence-electron chi connectivity index (χ1n) is 9.99. The van der Waals surface area contributed by atoms with Gasteiger partial charge in [-0.3, -0.25) is 4.79 Å². The molecule has 0 radical (unpaired) electrons. The number of Topliss-reactive ketones (excluding diaryl/α,β-unsaturated/α-hetero) is 1. The van der Waals surface area contributed by atoms with Crippen molar-refractivity contribution in [3.8, 4) is 0 Å². The molecule has 1 heterocycles. The van der Waals surface area contributed by atoms with Gasteiger partial charge in [-0.25, -0.2) is 4.79 Å². The number of benzene rings is 1. The van der Waals surface area contributed by atoms with Gasteiger partial charge in [0.1, 0.15) is 5.60 Å². The Labute approximate surface area is 156 Å². The third-order valence-electron chi connectivity index (χ3n) is 5.82. The van der Waals surface area contributed by atoms with E-state index in [1.165, 1.54) is 5.56 Å². The Kier molecular flexibility index (Phi) is 5.36. The molecular formula is C23H30O3. The monoisotopic (exact) mass is 354 g/mol. The van der Waals surface area contributed by atoms with Crippen LogP contribution in [0.4, 0.5) is 0 Å². The predicted molar refractivity (Wildman–Crippen MR) is 104 cm³/mol. The zero-order valence-electron chi connectivity index (χ0n) is 16.5. The zero-order valence-corrected chi connectivity index (χ0v) is 16.5.